The molecule has 0 atom stereocenters. The Hall–Kier alpha value is -2.63. The number of benzene rings is 3. The Morgan fingerprint density at radius 3 is 2.36 bits per heavy atom. The third-order valence-corrected chi connectivity index (χ3v) is 6.82. The Bertz CT molecular complexity index is 1110. The molecule has 0 saturated carbocycles. The Kier molecular flexibility index (Phi) is 5.20. The van der Waals surface area contributed by atoms with E-state index in [0.717, 1.165) is 21.9 Å². The fourth-order valence-corrected chi connectivity index (χ4v) is 4.94. The Morgan fingerprint density at radius 2 is 1.61 bits per heavy atom. The van der Waals surface area contributed by atoms with E-state index in [1.54, 1.807) is 18.3 Å². The van der Waals surface area contributed by atoms with Crippen LogP contribution in [0.15, 0.2) is 77.8 Å². The van der Waals surface area contributed by atoms with Gasteiger partial charge in [-0.25, -0.2) is 8.42 Å². The van der Waals surface area contributed by atoms with E-state index in [0.29, 0.717) is 36.1 Å². The number of hydrogen-bond donors (Lipinski definition) is 0. The third-order valence-electron chi connectivity index (χ3n) is 5.02. The lowest BCUT2D eigenvalue weighted by molar-refractivity contribution is 0.0597. The second-order valence-corrected chi connectivity index (χ2v) is 8.90. The monoisotopic (exact) mass is 393 g/mol. The highest BCUT2D eigenvalue weighted by Crippen LogP contribution is 2.33. The maximum atomic E-state index is 13.6. The maximum Gasteiger partial charge on any atom is 0.208 e. The largest absolute Gasteiger partial charge is 0.378 e. The smallest absolute Gasteiger partial charge is 0.208 e. The molecule has 0 bridgehead atoms. The molecular weight excluding hydrogens is 370 g/mol. The summed E-state index contributed by atoms with van der Waals surface area (Å²) in [5.41, 5.74) is 1.76. The van der Waals surface area contributed by atoms with Crippen LogP contribution in [0.1, 0.15) is 11.1 Å². The molecule has 5 heteroatoms. The molecule has 144 valence electrons. The van der Waals surface area contributed by atoms with Crippen molar-refractivity contribution >= 4 is 25.5 Å². The fraction of sp³-hybridized carbons (Fsp3) is 0.217. The summed E-state index contributed by atoms with van der Waals surface area (Å²) in [5, 5.41) is 1.95. The number of nitrogens with zero attached hydrogens (tertiary/aromatic N) is 1. The summed E-state index contributed by atoms with van der Waals surface area (Å²) in [7, 11) is -3.68. The van der Waals surface area contributed by atoms with Gasteiger partial charge in [-0.3, -0.25) is 0 Å². The molecule has 0 aliphatic carbocycles. The zero-order valence-electron chi connectivity index (χ0n) is 15.8. The van der Waals surface area contributed by atoms with E-state index in [1.807, 2.05) is 66.4 Å². The van der Waals surface area contributed by atoms with Crippen LogP contribution < -0.4 is 0 Å². The molecule has 0 amide bonds. The van der Waals surface area contributed by atoms with E-state index in [9.17, 15) is 8.42 Å². The van der Waals surface area contributed by atoms with Crippen molar-refractivity contribution in [3.8, 4) is 0 Å². The standard InChI is InChI=1S/C23H23NO3S/c1-18-9-11-20(12-10-18)28(25,26)23(17-24-13-15-27-16-14-24)22-8-4-6-19-5-2-3-7-21(19)22/h2-12,17H,13-16H2,1H3/b23-17+. The molecule has 0 spiro atoms. The van der Waals surface area contributed by atoms with Crippen LogP contribution in [0.2, 0.25) is 0 Å². The van der Waals surface area contributed by atoms with Crippen LogP contribution in [0.3, 0.4) is 0 Å². The van der Waals surface area contributed by atoms with Crippen molar-refractivity contribution in [3.63, 3.8) is 0 Å². The summed E-state index contributed by atoms with van der Waals surface area (Å²) in [5.74, 6) is 0. The van der Waals surface area contributed by atoms with Gasteiger partial charge in [-0.1, -0.05) is 60.2 Å². The summed E-state index contributed by atoms with van der Waals surface area (Å²) >= 11 is 0. The van der Waals surface area contributed by atoms with E-state index >= 15 is 0 Å². The molecule has 1 fully saturated rings. The molecule has 3 aromatic carbocycles. The minimum atomic E-state index is -3.68. The predicted molar refractivity (Wildman–Crippen MR) is 113 cm³/mol. The number of sulfone groups is 1. The van der Waals surface area contributed by atoms with Crippen molar-refractivity contribution < 1.29 is 13.2 Å². The highest BCUT2D eigenvalue weighted by molar-refractivity contribution is 8.00. The number of aryl methyl sites for hydroxylation is 1. The summed E-state index contributed by atoms with van der Waals surface area (Å²) in [6.45, 7) is 4.51. The van der Waals surface area contributed by atoms with Crippen LogP contribution in [0, 0.1) is 6.92 Å². The molecule has 0 N–H and O–H groups in total. The SMILES string of the molecule is Cc1ccc(S(=O)(=O)/C(=C/N2CCOCC2)c2cccc3ccccc23)cc1. The van der Waals surface area contributed by atoms with Crippen molar-refractivity contribution in [2.45, 2.75) is 11.8 Å². The average Bonchev–Trinajstić information content (AvgIpc) is 2.73. The number of rotatable bonds is 4. The number of ether oxygens (including phenoxy) is 1. The molecule has 1 saturated heterocycles. The molecule has 4 rings (SSSR count). The lowest BCUT2D eigenvalue weighted by Crippen LogP contribution is -2.32. The van der Waals surface area contributed by atoms with Gasteiger partial charge < -0.3 is 9.64 Å². The summed E-state index contributed by atoms with van der Waals surface area (Å²) in [6.07, 6.45) is 1.79. The van der Waals surface area contributed by atoms with Gasteiger partial charge in [0.25, 0.3) is 0 Å². The van der Waals surface area contributed by atoms with E-state index in [1.165, 1.54) is 0 Å². The second kappa shape index (κ2) is 7.78. The molecule has 0 aromatic heterocycles. The quantitative estimate of drug-likeness (QED) is 0.665. The van der Waals surface area contributed by atoms with Crippen molar-refractivity contribution in [1.29, 1.82) is 0 Å². The number of hydrogen-bond acceptors (Lipinski definition) is 4. The van der Waals surface area contributed by atoms with Gasteiger partial charge in [0.05, 0.1) is 23.0 Å². The van der Waals surface area contributed by atoms with Crippen molar-refractivity contribution in [3.05, 3.63) is 84.1 Å². The van der Waals surface area contributed by atoms with Gasteiger partial charge >= 0.3 is 0 Å². The van der Waals surface area contributed by atoms with Gasteiger partial charge in [-0.2, -0.15) is 0 Å². The van der Waals surface area contributed by atoms with E-state index in [4.69, 9.17) is 4.74 Å². The van der Waals surface area contributed by atoms with Gasteiger partial charge in [-0.15, -0.1) is 0 Å². The lowest BCUT2D eigenvalue weighted by Gasteiger charge is -2.26. The van der Waals surface area contributed by atoms with Crippen molar-refractivity contribution in [1.82, 2.24) is 4.90 Å². The molecule has 1 aliphatic rings. The molecule has 1 heterocycles. The molecule has 28 heavy (non-hydrogen) atoms. The fourth-order valence-electron chi connectivity index (χ4n) is 3.44. The first kappa shape index (κ1) is 18.7. The van der Waals surface area contributed by atoms with Crippen molar-refractivity contribution in [2.24, 2.45) is 0 Å². The highest BCUT2D eigenvalue weighted by Gasteiger charge is 2.25. The average molecular weight is 394 g/mol. The predicted octanol–water partition coefficient (Wildman–Crippen LogP) is 4.25. The Balaban J connectivity index is 1.91. The van der Waals surface area contributed by atoms with Crippen LogP contribution in [0.5, 0.6) is 0 Å². The maximum absolute atomic E-state index is 13.6. The first-order chi connectivity index (χ1) is 13.6. The van der Waals surface area contributed by atoms with Crippen molar-refractivity contribution in [2.75, 3.05) is 26.3 Å². The molecule has 0 unspecified atom stereocenters. The minimum Gasteiger partial charge on any atom is -0.378 e. The lowest BCUT2D eigenvalue weighted by atomic mass is 10.0. The van der Waals surface area contributed by atoms with Crippen LogP contribution in [0.25, 0.3) is 15.7 Å². The zero-order valence-corrected chi connectivity index (χ0v) is 16.7. The van der Waals surface area contributed by atoms with Gasteiger partial charge in [0, 0.05) is 24.9 Å². The highest BCUT2D eigenvalue weighted by atomic mass is 32.2. The molecule has 1 aliphatic heterocycles. The molecule has 3 aromatic rings. The van der Waals surface area contributed by atoms with Crippen LogP contribution in [0.4, 0.5) is 0 Å². The van der Waals surface area contributed by atoms with E-state index in [-0.39, 0.29) is 0 Å². The first-order valence-electron chi connectivity index (χ1n) is 9.39. The van der Waals surface area contributed by atoms with Gasteiger partial charge in [-0.05, 0) is 29.8 Å². The first-order valence-corrected chi connectivity index (χ1v) is 10.9. The molecular formula is C23H23NO3S. The van der Waals surface area contributed by atoms with E-state index < -0.39 is 9.84 Å². The number of fused-ring (bicyclic) bond motifs is 1. The van der Waals surface area contributed by atoms with Crippen LogP contribution in [-0.2, 0) is 14.6 Å². The Labute approximate surface area is 166 Å². The third kappa shape index (κ3) is 3.68. The second-order valence-electron chi connectivity index (χ2n) is 6.98. The Morgan fingerprint density at radius 1 is 0.929 bits per heavy atom. The molecule has 4 nitrogen and oxygen atoms in total. The van der Waals surface area contributed by atoms with Gasteiger partial charge in [0.1, 0.15) is 0 Å². The summed E-state index contributed by atoms with van der Waals surface area (Å²) < 4.78 is 32.7. The molecule has 0 radical (unpaired) electrons. The minimum absolute atomic E-state index is 0.311. The van der Waals surface area contributed by atoms with Gasteiger partial charge in [0.15, 0.2) is 0 Å². The van der Waals surface area contributed by atoms with E-state index in [2.05, 4.69) is 0 Å². The zero-order chi connectivity index (χ0) is 19.6. The number of morpholine rings is 1. The topological polar surface area (TPSA) is 46.6 Å². The van der Waals surface area contributed by atoms with Crippen LogP contribution >= 0.6 is 0 Å². The normalized spacial score (nSPS) is 15.8. The summed E-state index contributed by atoms with van der Waals surface area (Å²) in [4.78, 5) is 2.67. The summed E-state index contributed by atoms with van der Waals surface area (Å²) in [6, 6.07) is 20.7. The van der Waals surface area contributed by atoms with Gasteiger partial charge in [0.2, 0.25) is 9.84 Å². The van der Waals surface area contributed by atoms with Crippen LogP contribution in [-0.4, -0.2) is 39.6 Å².